The molecule has 0 spiro atoms. The van der Waals surface area contributed by atoms with Crippen LogP contribution in [0, 0.1) is 12.3 Å². The van der Waals surface area contributed by atoms with Crippen molar-refractivity contribution in [1.82, 2.24) is 0 Å². The van der Waals surface area contributed by atoms with Crippen LogP contribution in [0.1, 0.15) is 69.9 Å². The van der Waals surface area contributed by atoms with Crippen molar-refractivity contribution in [2.24, 2.45) is 12.5 Å². The molecular weight excluding hydrogens is 402 g/mol. The van der Waals surface area contributed by atoms with Gasteiger partial charge in [0.2, 0.25) is 5.69 Å². The smallest absolute Gasteiger partial charge is 0.200 e. The molecule has 170 valence electrons. The van der Waals surface area contributed by atoms with Gasteiger partial charge in [0, 0.05) is 11.6 Å². The van der Waals surface area contributed by atoms with E-state index in [1.54, 1.807) is 5.19 Å². The van der Waals surface area contributed by atoms with Crippen molar-refractivity contribution in [2.45, 2.75) is 84.9 Å². The van der Waals surface area contributed by atoms with E-state index in [-0.39, 0.29) is 0 Å². The molecule has 4 rings (SSSR count). The highest BCUT2D eigenvalue weighted by Gasteiger charge is 2.30. The fourth-order valence-corrected chi connectivity index (χ4v) is 10.1. The molecule has 1 aromatic heterocycles. The number of aryl methyl sites for hydroxylation is 2. The van der Waals surface area contributed by atoms with Gasteiger partial charge in [-0.05, 0) is 65.8 Å². The lowest BCUT2D eigenvalue weighted by molar-refractivity contribution is -0.659. The minimum Gasteiger partial charge on any atom is -0.200 e. The van der Waals surface area contributed by atoms with Crippen molar-refractivity contribution in [1.29, 1.82) is 0 Å². The van der Waals surface area contributed by atoms with Gasteiger partial charge < -0.3 is 0 Å². The maximum Gasteiger partial charge on any atom is 0.220 e. The summed E-state index contributed by atoms with van der Waals surface area (Å²) in [7, 11) is 0.710. The summed E-state index contributed by atoms with van der Waals surface area (Å²) in [5.41, 5.74) is 6.05. The van der Waals surface area contributed by atoms with E-state index in [0.29, 0.717) is 5.41 Å². The molecule has 2 heteroatoms. The molecule has 0 bridgehead atoms. The van der Waals surface area contributed by atoms with Gasteiger partial charge in [0.15, 0.2) is 6.20 Å². The average Bonchev–Trinajstić information content (AvgIpc) is 2.73. The Bertz CT molecular complexity index is 1110. The van der Waals surface area contributed by atoms with Gasteiger partial charge in [0.05, 0.1) is 13.5 Å². The first-order valence-corrected chi connectivity index (χ1v) is 15.8. The van der Waals surface area contributed by atoms with Gasteiger partial charge in [-0.2, -0.15) is 0 Å². The standard InChI is InChI=1S/C30H42NSi/c1-22-13-14-24(23-11-9-8-10-12-23)20-28(22)29-27-16-15-26(19-25(27)17-18-31(29)5)32(6,7)21-30(2,3)4/h13-20,23H,8-12,21H2,1-7H3/q+1. The molecule has 0 atom stereocenters. The second-order valence-corrected chi connectivity index (χ2v) is 16.8. The molecular formula is C30H42NSi+. The third-order valence-corrected chi connectivity index (χ3v) is 11.3. The van der Waals surface area contributed by atoms with Crippen LogP contribution < -0.4 is 9.75 Å². The summed E-state index contributed by atoms with van der Waals surface area (Å²) < 4.78 is 2.33. The second-order valence-electron chi connectivity index (χ2n) is 12.1. The van der Waals surface area contributed by atoms with Crippen molar-refractivity contribution >= 4 is 24.0 Å². The number of fused-ring (bicyclic) bond motifs is 1. The molecule has 0 unspecified atom stereocenters. The number of benzene rings is 2. The van der Waals surface area contributed by atoms with Gasteiger partial charge in [-0.15, -0.1) is 0 Å². The Balaban J connectivity index is 1.81. The average molecular weight is 445 g/mol. The normalized spacial score (nSPS) is 16.0. The van der Waals surface area contributed by atoms with Crippen LogP contribution in [0.2, 0.25) is 19.1 Å². The Kier molecular flexibility index (Phi) is 6.37. The van der Waals surface area contributed by atoms with Gasteiger partial charge in [0.1, 0.15) is 7.05 Å². The van der Waals surface area contributed by atoms with Gasteiger partial charge in [0.25, 0.3) is 0 Å². The van der Waals surface area contributed by atoms with E-state index in [0.717, 1.165) is 5.92 Å². The van der Waals surface area contributed by atoms with E-state index in [4.69, 9.17) is 0 Å². The molecule has 0 radical (unpaired) electrons. The maximum atomic E-state index is 2.53. The van der Waals surface area contributed by atoms with Crippen molar-refractivity contribution in [3.8, 4) is 11.3 Å². The quantitative estimate of drug-likeness (QED) is 0.287. The van der Waals surface area contributed by atoms with Crippen LogP contribution in [0.4, 0.5) is 0 Å². The highest BCUT2D eigenvalue weighted by Crippen LogP contribution is 2.36. The summed E-state index contributed by atoms with van der Waals surface area (Å²) in [6.45, 7) is 14.5. The lowest BCUT2D eigenvalue weighted by atomic mass is 9.82. The summed E-state index contributed by atoms with van der Waals surface area (Å²) in [5, 5.41) is 4.34. The largest absolute Gasteiger partial charge is 0.220 e. The Hall–Kier alpha value is -1.93. The zero-order valence-corrected chi connectivity index (χ0v) is 22.4. The van der Waals surface area contributed by atoms with Crippen LogP contribution >= 0.6 is 0 Å². The first-order chi connectivity index (χ1) is 15.0. The van der Waals surface area contributed by atoms with Crippen molar-refractivity contribution in [3.05, 3.63) is 59.8 Å². The first-order valence-electron chi connectivity index (χ1n) is 12.6. The Morgan fingerprint density at radius 2 is 1.66 bits per heavy atom. The highest BCUT2D eigenvalue weighted by molar-refractivity contribution is 6.90. The molecule has 1 heterocycles. The molecule has 3 aromatic rings. The minimum absolute atomic E-state index is 0.371. The van der Waals surface area contributed by atoms with E-state index >= 15 is 0 Å². The molecule has 0 saturated heterocycles. The number of hydrogen-bond acceptors (Lipinski definition) is 0. The number of hydrogen-bond donors (Lipinski definition) is 0. The number of pyridine rings is 1. The first kappa shape index (κ1) is 23.2. The lowest BCUT2D eigenvalue weighted by Gasteiger charge is -2.31. The second kappa shape index (κ2) is 8.78. The highest BCUT2D eigenvalue weighted by atomic mass is 28.3. The van der Waals surface area contributed by atoms with E-state index in [2.05, 4.69) is 101 Å². The predicted molar refractivity (Wildman–Crippen MR) is 143 cm³/mol. The summed E-state index contributed by atoms with van der Waals surface area (Å²) in [6, 6.07) is 18.2. The van der Waals surface area contributed by atoms with E-state index in [1.807, 2.05) is 0 Å². The van der Waals surface area contributed by atoms with Crippen LogP contribution in [0.5, 0.6) is 0 Å². The van der Waals surface area contributed by atoms with E-state index < -0.39 is 8.07 Å². The number of nitrogens with zero attached hydrogens (tertiary/aromatic N) is 1. The molecule has 0 aliphatic heterocycles. The molecule has 1 nitrogen and oxygen atoms in total. The Morgan fingerprint density at radius 1 is 0.938 bits per heavy atom. The monoisotopic (exact) mass is 444 g/mol. The van der Waals surface area contributed by atoms with Crippen LogP contribution in [0.15, 0.2) is 48.7 Å². The summed E-state index contributed by atoms with van der Waals surface area (Å²) in [6.07, 6.45) is 9.12. The Labute approximate surface area is 196 Å². The maximum absolute atomic E-state index is 2.53. The number of rotatable bonds is 4. The molecule has 1 saturated carbocycles. The van der Waals surface area contributed by atoms with Crippen LogP contribution in [-0.2, 0) is 7.05 Å². The minimum atomic E-state index is -1.49. The molecule has 1 aliphatic carbocycles. The van der Waals surface area contributed by atoms with Crippen LogP contribution in [-0.4, -0.2) is 8.07 Å². The predicted octanol–water partition coefficient (Wildman–Crippen LogP) is 7.65. The molecule has 0 N–H and O–H groups in total. The molecule has 1 aliphatic rings. The fourth-order valence-electron chi connectivity index (χ4n) is 6.14. The molecule has 32 heavy (non-hydrogen) atoms. The van der Waals surface area contributed by atoms with Crippen LogP contribution in [0.25, 0.3) is 22.0 Å². The van der Waals surface area contributed by atoms with E-state index in [1.165, 1.54) is 71.3 Å². The third-order valence-electron chi connectivity index (χ3n) is 7.48. The van der Waals surface area contributed by atoms with Gasteiger partial charge in [-0.1, -0.05) is 82.6 Å². The summed E-state index contributed by atoms with van der Waals surface area (Å²) in [5.74, 6) is 0.735. The van der Waals surface area contributed by atoms with E-state index in [9.17, 15) is 0 Å². The Morgan fingerprint density at radius 3 is 2.34 bits per heavy atom. The van der Waals surface area contributed by atoms with Gasteiger partial charge >= 0.3 is 0 Å². The lowest BCUT2D eigenvalue weighted by Crippen LogP contribution is -2.44. The molecule has 1 fully saturated rings. The van der Waals surface area contributed by atoms with Crippen molar-refractivity contribution in [3.63, 3.8) is 0 Å². The van der Waals surface area contributed by atoms with Gasteiger partial charge in [-0.3, -0.25) is 0 Å². The van der Waals surface area contributed by atoms with Crippen molar-refractivity contribution < 1.29 is 4.57 Å². The van der Waals surface area contributed by atoms with Gasteiger partial charge in [-0.25, -0.2) is 4.57 Å². The molecule has 0 amide bonds. The zero-order valence-electron chi connectivity index (χ0n) is 21.4. The molecule has 2 aromatic carbocycles. The zero-order chi connectivity index (χ0) is 23.1. The van der Waals surface area contributed by atoms with Crippen molar-refractivity contribution in [2.75, 3.05) is 0 Å². The SMILES string of the molecule is Cc1ccc(C2CCCCC2)cc1-c1c2ccc([Si](C)(C)CC(C)(C)C)cc2cc[n+]1C. The fraction of sp³-hybridized carbons (Fsp3) is 0.500. The third kappa shape index (κ3) is 4.86. The topological polar surface area (TPSA) is 3.88 Å². The van der Waals surface area contributed by atoms with Crippen LogP contribution in [0.3, 0.4) is 0 Å². The summed E-state index contributed by atoms with van der Waals surface area (Å²) in [4.78, 5) is 0. The summed E-state index contributed by atoms with van der Waals surface area (Å²) >= 11 is 0. The number of aromatic nitrogens is 1.